The van der Waals surface area contributed by atoms with Gasteiger partial charge in [-0.1, -0.05) is 0 Å². The molecule has 3 heterocycles. The summed E-state index contributed by atoms with van der Waals surface area (Å²) in [6.45, 7) is 0. The predicted octanol–water partition coefficient (Wildman–Crippen LogP) is 2.94. The number of aliphatic hydroxyl groups excluding tert-OH is 1. The monoisotopic (exact) mass is 294 g/mol. The van der Waals surface area contributed by atoms with Crippen molar-refractivity contribution < 1.29 is 5.11 Å². The summed E-state index contributed by atoms with van der Waals surface area (Å²) in [6.07, 6.45) is 4.28. The van der Waals surface area contributed by atoms with E-state index in [1.807, 2.05) is 35.8 Å². The molecule has 19 heavy (non-hydrogen) atoms. The Hall–Kier alpha value is -0.780. The summed E-state index contributed by atoms with van der Waals surface area (Å²) in [6, 6.07) is 4.23. The van der Waals surface area contributed by atoms with Gasteiger partial charge >= 0.3 is 0 Å². The molecule has 3 nitrogen and oxygen atoms in total. The summed E-state index contributed by atoms with van der Waals surface area (Å²) in [5, 5.41) is 14.5. The molecule has 5 heteroatoms. The van der Waals surface area contributed by atoms with E-state index in [2.05, 4.69) is 11.2 Å². The van der Waals surface area contributed by atoms with Crippen LogP contribution >= 0.6 is 23.1 Å². The van der Waals surface area contributed by atoms with Crippen LogP contribution in [0.1, 0.15) is 33.5 Å². The van der Waals surface area contributed by atoms with Crippen molar-refractivity contribution in [3.8, 4) is 0 Å². The van der Waals surface area contributed by atoms with Gasteiger partial charge in [-0.3, -0.25) is 4.68 Å². The fourth-order valence-electron chi connectivity index (χ4n) is 2.41. The maximum atomic E-state index is 10.3. The van der Waals surface area contributed by atoms with Crippen molar-refractivity contribution in [3.63, 3.8) is 0 Å². The molecule has 0 amide bonds. The topological polar surface area (TPSA) is 38.0 Å². The Morgan fingerprint density at radius 3 is 3.16 bits per heavy atom. The van der Waals surface area contributed by atoms with E-state index in [1.165, 1.54) is 28.3 Å². The van der Waals surface area contributed by atoms with E-state index in [9.17, 15) is 5.11 Å². The molecular formula is C14H18N2OS2. The molecule has 0 bridgehead atoms. The van der Waals surface area contributed by atoms with Crippen LogP contribution in [-0.2, 0) is 25.6 Å². The fraction of sp³-hybridized carbons (Fsp3) is 0.500. The molecule has 1 aliphatic heterocycles. The summed E-state index contributed by atoms with van der Waals surface area (Å²) >= 11 is 3.79. The second-order valence-corrected chi connectivity index (χ2v) is 7.17. The van der Waals surface area contributed by atoms with E-state index < -0.39 is 0 Å². The maximum absolute atomic E-state index is 10.3. The number of rotatable bonds is 4. The Labute approximate surface area is 121 Å². The molecular weight excluding hydrogens is 276 g/mol. The molecule has 2 aromatic rings. The molecule has 0 saturated carbocycles. The highest BCUT2D eigenvalue weighted by Gasteiger charge is 2.18. The standard InChI is InChI=1S/C14H18N2OS2/c1-16-11(4-6-15-16)2-3-12(17)14-8-10-9-18-7-5-13(10)19-14/h4,6,8,12,17H,2-3,5,7,9H2,1H3. The van der Waals surface area contributed by atoms with E-state index in [0.29, 0.717) is 0 Å². The number of nitrogens with zero attached hydrogens (tertiary/aromatic N) is 2. The summed E-state index contributed by atoms with van der Waals surface area (Å²) in [4.78, 5) is 2.61. The minimum Gasteiger partial charge on any atom is -0.388 e. The van der Waals surface area contributed by atoms with E-state index in [-0.39, 0.29) is 6.10 Å². The molecule has 1 unspecified atom stereocenters. The van der Waals surface area contributed by atoms with Crippen LogP contribution in [-0.4, -0.2) is 20.6 Å². The molecule has 0 aliphatic carbocycles. The molecule has 102 valence electrons. The number of aliphatic hydroxyl groups is 1. The normalized spacial score (nSPS) is 16.3. The molecule has 0 fully saturated rings. The van der Waals surface area contributed by atoms with Gasteiger partial charge in [0.2, 0.25) is 0 Å². The third-order valence-electron chi connectivity index (χ3n) is 3.57. The zero-order valence-corrected chi connectivity index (χ0v) is 12.6. The average Bonchev–Trinajstić information content (AvgIpc) is 3.01. The van der Waals surface area contributed by atoms with Crippen LogP contribution in [0.2, 0.25) is 0 Å². The molecule has 0 radical (unpaired) electrons. The first-order valence-electron chi connectivity index (χ1n) is 6.58. The highest BCUT2D eigenvalue weighted by molar-refractivity contribution is 7.98. The van der Waals surface area contributed by atoms with Crippen molar-refractivity contribution in [2.75, 3.05) is 5.75 Å². The minimum absolute atomic E-state index is 0.337. The van der Waals surface area contributed by atoms with E-state index >= 15 is 0 Å². The van der Waals surface area contributed by atoms with E-state index in [4.69, 9.17) is 0 Å². The highest BCUT2D eigenvalue weighted by Crippen LogP contribution is 2.35. The predicted molar refractivity (Wildman–Crippen MR) is 80.7 cm³/mol. The Balaban J connectivity index is 1.65. The Morgan fingerprint density at radius 1 is 1.53 bits per heavy atom. The molecule has 3 rings (SSSR count). The van der Waals surface area contributed by atoms with Crippen LogP contribution < -0.4 is 0 Å². The highest BCUT2D eigenvalue weighted by atomic mass is 32.2. The number of hydrogen-bond donors (Lipinski definition) is 1. The van der Waals surface area contributed by atoms with Crippen molar-refractivity contribution in [2.24, 2.45) is 7.05 Å². The van der Waals surface area contributed by atoms with Crippen LogP contribution in [0.4, 0.5) is 0 Å². The molecule has 1 aliphatic rings. The zero-order valence-electron chi connectivity index (χ0n) is 11.0. The van der Waals surface area contributed by atoms with Crippen molar-refractivity contribution >= 4 is 23.1 Å². The van der Waals surface area contributed by atoms with Crippen LogP contribution in [0.25, 0.3) is 0 Å². The van der Waals surface area contributed by atoms with Gasteiger partial charge in [-0.2, -0.15) is 16.9 Å². The van der Waals surface area contributed by atoms with Crippen LogP contribution in [0.5, 0.6) is 0 Å². The summed E-state index contributed by atoms with van der Waals surface area (Å²) in [5.41, 5.74) is 2.62. The fourth-order valence-corrected chi connectivity index (χ4v) is 4.80. The molecule has 0 spiro atoms. The lowest BCUT2D eigenvalue weighted by atomic mass is 10.1. The van der Waals surface area contributed by atoms with Crippen molar-refractivity contribution in [2.45, 2.75) is 31.1 Å². The van der Waals surface area contributed by atoms with Gasteiger partial charge in [0.25, 0.3) is 0 Å². The molecule has 2 aromatic heterocycles. The molecule has 1 atom stereocenters. The first-order chi connectivity index (χ1) is 9.24. The third-order valence-corrected chi connectivity index (χ3v) is 5.92. The van der Waals surface area contributed by atoms with Crippen LogP contribution in [0.15, 0.2) is 18.3 Å². The first kappa shape index (κ1) is 13.2. The van der Waals surface area contributed by atoms with Gasteiger partial charge in [-0.05, 0) is 42.7 Å². The lowest BCUT2D eigenvalue weighted by molar-refractivity contribution is 0.171. The Morgan fingerprint density at radius 2 is 2.42 bits per heavy atom. The SMILES string of the molecule is Cn1nccc1CCC(O)c1cc2c(s1)CCSC2. The van der Waals surface area contributed by atoms with Gasteiger partial charge in [0.1, 0.15) is 0 Å². The third kappa shape index (κ3) is 2.88. The van der Waals surface area contributed by atoms with Gasteiger partial charge < -0.3 is 5.11 Å². The maximum Gasteiger partial charge on any atom is 0.0885 e. The smallest absolute Gasteiger partial charge is 0.0885 e. The Bertz CT molecular complexity index is 538. The zero-order chi connectivity index (χ0) is 13.2. The van der Waals surface area contributed by atoms with Gasteiger partial charge in [0.05, 0.1) is 6.10 Å². The second kappa shape index (κ2) is 5.69. The second-order valence-electron chi connectivity index (χ2n) is 4.90. The molecule has 0 saturated heterocycles. The van der Waals surface area contributed by atoms with E-state index in [0.717, 1.165) is 23.5 Å². The van der Waals surface area contributed by atoms with Crippen LogP contribution in [0, 0.1) is 0 Å². The van der Waals surface area contributed by atoms with E-state index in [1.54, 1.807) is 11.3 Å². The number of thioether (sulfide) groups is 1. The number of thiophene rings is 1. The van der Waals surface area contributed by atoms with Gasteiger partial charge in [-0.25, -0.2) is 0 Å². The van der Waals surface area contributed by atoms with Gasteiger partial charge in [0, 0.05) is 34.4 Å². The number of aromatic nitrogens is 2. The van der Waals surface area contributed by atoms with Crippen molar-refractivity contribution in [1.29, 1.82) is 0 Å². The molecule has 0 aromatic carbocycles. The van der Waals surface area contributed by atoms with Crippen LogP contribution in [0.3, 0.4) is 0 Å². The quantitative estimate of drug-likeness (QED) is 0.942. The first-order valence-corrected chi connectivity index (χ1v) is 8.55. The van der Waals surface area contributed by atoms with Gasteiger partial charge in [0.15, 0.2) is 0 Å². The van der Waals surface area contributed by atoms with Gasteiger partial charge in [-0.15, -0.1) is 11.3 Å². The summed E-state index contributed by atoms with van der Waals surface area (Å²) in [7, 11) is 1.95. The minimum atomic E-state index is -0.337. The van der Waals surface area contributed by atoms with Crippen molar-refractivity contribution in [1.82, 2.24) is 9.78 Å². The summed E-state index contributed by atoms with van der Waals surface area (Å²) in [5.74, 6) is 2.33. The van der Waals surface area contributed by atoms with Crippen molar-refractivity contribution in [3.05, 3.63) is 39.3 Å². The number of hydrogen-bond acceptors (Lipinski definition) is 4. The lowest BCUT2D eigenvalue weighted by Gasteiger charge is -2.08. The number of aryl methyl sites for hydroxylation is 3. The Kier molecular flexibility index (Phi) is 3.96. The summed E-state index contributed by atoms with van der Waals surface area (Å²) < 4.78 is 1.88. The largest absolute Gasteiger partial charge is 0.388 e. The molecule has 1 N–H and O–H groups in total. The lowest BCUT2D eigenvalue weighted by Crippen LogP contribution is -2.02. The average molecular weight is 294 g/mol. The number of fused-ring (bicyclic) bond motifs is 1.